The van der Waals surface area contributed by atoms with Crippen LogP contribution in [0.5, 0.6) is 0 Å². The largest absolute Gasteiger partial charge is 2.00 e. The first-order valence-electron chi connectivity index (χ1n) is 11.8. The van der Waals surface area contributed by atoms with Crippen LogP contribution >= 0.6 is 0 Å². The average molecular weight is 627 g/mol. The van der Waals surface area contributed by atoms with E-state index in [1.165, 1.54) is 43.0 Å². The standard InChI is InChI=1S/2C12H9N5O2.2CH4O.Mn/c2*18-12(19)9-7-10(16-5-1-3-13-16)15-11(8-9)17-6-2-4-14-17;2*1-2;/h2*1-8H,(H,18,19);2*2H,1H3;/q;;;;+2/p-2. The minimum Gasteiger partial charge on any atom is -0.545 e. The number of hydrogen-bond donors (Lipinski definition) is 2. The van der Waals surface area contributed by atoms with Gasteiger partial charge in [0.1, 0.15) is 0 Å². The van der Waals surface area contributed by atoms with Crippen LogP contribution in [0, 0.1) is 0 Å². The monoisotopic (exact) mass is 627 g/mol. The van der Waals surface area contributed by atoms with Gasteiger partial charge in [-0.2, -0.15) is 20.4 Å². The molecule has 1 radical (unpaired) electrons. The van der Waals surface area contributed by atoms with Crippen molar-refractivity contribution >= 4 is 11.9 Å². The molecular formula is C26H24MnN10O6. The Morgan fingerprint density at radius 2 is 0.767 bits per heavy atom. The molecule has 16 nitrogen and oxygen atoms in total. The van der Waals surface area contributed by atoms with E-state index < -0.39 is 11.9 Å². The molecule has 0 bridgehead atoms. The molecule has 43 heavy (non-hydrogen) atoms. The molecule has 17 heteroatoms. The summed E-state index contributed by atoms with van der Waals surface area (Å²) in [6, 6.07) is 12.5. The topological polar surface area (TPSA) is 218 Å². The van der Waals surface area contributed by atoms with Crippen molar-refractivity contribution in [2.45, 2.75) is 0 Å². The summed E-state index contributed by atoms with van der Waals surface area (Å²) in [5.41, 5.74) is 0.0389. The summed E-state index contributed by atoms with van der Waals surface area (Å²) in [6.07, 6.45) is 13.0. The Labute approximate surface area is 254 Å². The van der Waals surface area contributed by atoms with Crippen molar-refractivity contribution in [1.29, 1.82) is 0 Å². The van der Waals surface area contributed by atoms with Crippen LogP contribution in [-0.2, 0) is 17.1 Å². The molecule has 0 unspecified atom stereocenters. The van der Waals surface area contributed by atoms with Gasteiger partial charge in [-0.05, 0) is 48.5 Å². The van der Waals surface area contributed by atoms with E-state index in [4.69, 9.17) is 10.2 Å². The molecule has 0 aliphatic carbocycles. The molecule has 6 heterocycles. The van der Waals surface area contributed by atoms with E-state index in [0.717, 1.165) is 14.2 Å². The van der Waals surface area contributed by atoms with Crippen LogP contribution in [0.3, 0.4) is 0 Å². The number of hydrogen-bond acceptors (Lipinski definition) is 12. The smallest absolute Gasteiger partial charge is 0.545 e. The third kappa shape index (κ3) is 8.75. The number of carbonyl (C=O) groups excluding carboxylic acids is 2. The molecule has 6 aromatic heterocycles. The second kappa shape index (κ2) is 16.7. The van der Waals surface area contributed by atoms with Gasteiger partial charge in [-0.15, -0.1) is 0 Å². The summed E-state index contributed by atoms with van der Waals surface area (Å²) in [5.74, 6) is -1.00. The number of pyridine rings is 2. The molecule has 0 fully saturated rings. The number of aliphatic hydroxyl groups is 2. The van der Waals surface area contributed by atoms with Crippen LogP contribution in [0.15, 0.2) is 98.1 Å². The van der Waals surface area contributed by atoms with E-state index in [1.54, 1.807) is 73.8 Å². The first-order valence-corrected chi connectivity index (χ1v) is 11.8. The summed E-state index contributed by atoms with van der Waals surface area (Å²) in [5, 5.41) is 52.2. The third-order valence-electron chi connectivity index (χ3n) is 5.02. The molecule has 2 N–H and O–H groups in total. The van der Waals surface area contributed by atoms with Gasteiger partial charge < -0.3 is 30.0 Å². The maximum absolute atomic E-state index is 11.0. The van der Waals surface area contributed by atoms with E-state index in [9.17, 15) is 19.8 Å². The molecule has 6 rings (SSSR count). The first-order chi connectivity index (χ1) is 20.5. The Morgan fingerprint density at radius 1 is 0.535 bits per heavy atom. The molecule has 0 aromatic carbocycles. The van der Waals surface area contributed by atoms with Gasteiger partial charge >= 0.3 is 17.1 Å². The molecule has 6 aromatic rings. The number of rotatable bonds is 6. The molecular weight excluding hydrogens is 603 g/mol. The quantitative estimate of drug-likeness (QED) is 0.209. The minimum absolute atomic E-state index is 0. The van der Waals surface area contributed by atoms with Crippen LogP contribution in [0.1, 0.15) is 20.7 Å². The number of aromatic carboxylic acids is 2. The van der Waals surface area contributed by atoms with Crippen molar-refractivity contribution in [3.8, 4) is 23.3 Å². The SMILES string of the molecule is CO.CO.O=C([O-])c1cc(-n2cccn2)nc(-n2cccn2)c1.O=C([O-])c1cc(-n2cccn2)nc(-n2cccn2)c1.[Mn+2]. The zero-order valence-corrected chi connectivity index (χ0v) is 23.8. The number of carboxylic acids is 2. The number of carbonyl (C=O) groups is 2. The van der Waals surface area contributed by atoms with Crippen molar-refractivity contribution in [1.82, 2.24) is 49.1 Å². The second-order valence-electron chi connectivity index (χ2n) is 7.52. The van der Waals surface area contributed by atoms with Crippen LogP contribution in [0.2, 0.25) is 0 Å². The maximum atomic E-state index is 11.0. The third-order valence-corrected chi connectivity index (χ3v) is 5.02. The summed E-state index contributed by atoms with van der Waals surface area (Å²) in [6.45, 7) is 0. The zero-order valence-electron chi connectivity index (χ0n) is 22.6. The number of nitrogens with zero attached hydrogens (tertiary/aromatic N) is 10. The van der Waals surface area contributed by atoms with E-state index in [1.807, 2.05) is 0 Å². The van der Waals surface area contributed by atoms with E-state index in [2.05, 4.69) is 30.4 Å². The van der Waals surface area contributed by atoms with Crippen molar-refractivity contribution in [2.75, 3.05) is 14.2 Å². The Kier molecular flexibility index (Phi) is 13.1. The predicted molar refractivity (Wildman–Crippen MR) is 142 cm³/mol. The Balaban J connectivity index is 0.000000264. The summed E-state index contributed by atoms with van der Waals surface area (Å²) in [4.78, 5) is 30.7. The molecule has 0 aliphatic rings. The zero-order chi connectivity index (χ0) is 30.5. The Bertz CT molecular complexity index is 1440. The van der Waals surface area contributed by atoms with Gasteiger partial charge in [0, 0.05) is 74.9 Å². The van der Waals surface area contributed by atoms with Crippen molar-refractivity contribution in [2.24, 2.45) is 0 Å². The number of carboxylic acid groups (broad SMARTS) is 2. The molecule has 0 saturated carbocycles. The fraction of sp³-hybridized carbons (Fsp3) is 0.0769. The fourth-order valence-corrected chi connectivity index (χ4v) is 3.33. The van der Waals surface area contributed by atoms with Gasteiger partial charge in [0.05, 0.1) is 11.9 Å². The van der Waals surface area contributed by atoms with Crippen LogP contribution < -0.4 is 10.2 Å². The normalized spacial score (nSPS) is 9.58. The van der Waals surface area contributed by atoms with Crippen LogP contribution in [-0.4, -0.2) is 85.5 Å². The second-order valence-corrected chi connectivity index (χ2v) is 7.52. The Morgan fingerprint density at radius 3 is 0.930 bits per heavy atom. The van der Waals surface area contributed by atoms with E-state index >= 15 is 0 Å². The maximum Gasteiger partial charge on any atom is 2.00 e. The van der Waals surface area contributed by atoms with Crippen molar-refractivity contribution in [3.63, 3.8) is 0 Å². The molecule has 0 saturated heterocycles. The van der Waals surface area contributed by atoms with Gasteiger partial charge in [-0.1, -0.05) is 0 Å². The van der Waals surface area contributed by atoms with Crippen molar-refractivity contribution in [3.05, 3.63) is 109 Å². The molecule has 0 amide bonds. The number of aromatic nitrogens is 10. The molecule has 0 atom stereocenters. The molecule has 0 aliphatic heterocycles. The first kappa shape index (κ1) is 33.7. The summed E-state index contributed by atoms with van der Waals surface area (Å²) < 4.78 is 5.89. The summed E-state index contributed by atoms with van der Waals surface area (Å²) >= 11 is 0. The summed E-state index contributed by atoms with van der Waals surface area (Å²) in [7, 11) is 2.00. The van der Waals surface area contributed by atoms with Gasteiger partial charge in [0.25, 0.3) is 0 Å². The minimum atomic E-state index is -1.27. The molecule has 221 valence electrons. The molecule has 0 spiro atoms. The predicted octanol–water partition coefficient (Wildman–Crippen LogP) is -1.15. The van der Waals surface area contributed by atoms with Gasteiger partial charge in [0.15, 0.2) is 23.3 Å². The fourth-order valence-electron chi connectivity index (χ4n) is 3.33. The number of aliphatic hydroxyl groups excluding tert-OH is 2. The average Bonchev–Trinajstić information content (AvgIpc) is 3.87. The van der Waals surface area contributed by atoms with Gasteiger partial charge in [0.2, 0.25) is 0 Å². The Hall–Kier alpha value is -5.48. The van der Waals surface area contributed by atoms with Crippen LogP contribution in [0.4, 0.5) is 0 Å². The van der Waals surface area contributed by atoms with Crippen molar-refractivity contribution < 1.29 is 47.1 Å². The van der Waals surface area contributed by atoms with Crippen LogP contribution in [0.25, 0.3) is 23.3 Å². The van der Waals surface area contributed by atoms with E-state index in [0.29, 0.717) is 23.3 Å². The van der Waals surface area contributed by atoms with Gasteiger partial charge in [-0.25, -0.2) is 28.7 Å². The van der Waals surface area contributed by atoms with Gasteiger partial charge in [-0.3, -0.25) is 0 Å². The van der Waals surface area contributed by atoms with E-state index in [-0.39, 0.29) is 28.2 Å².